The van der Waals surface area contributed by atoms with E-state index in [1.54, 1.807) is 0 Å². The Kier molecular flexibility index (Phi) is 7.77. The Morgan fingerprint density at radius 3 is 2.48 bits per heavy atom. The maximum Gasteiger partial charge on any atom is 0.253 e. The van der Waals surface area contributed by atoms with Crippen molar-refractivity contribution in [3.8, 4) is 5.75 Å². The number of carbonyl (C=O) groups excluding carboxylic acids is 1. The summed E-state index contributed by atoms with van der Waals surface area (Å²) in [7, 11) is 1.93. The number of likely N-dealkylation sites (N-methyl/N-ethyl adjacent to an activating group) is 1. The molecular formula is C27H38N2O2. The minimum absolute atomic E-state index is 0.0741. The van der Waals surface area contributed by atoms with Crippen LogP contribution in [0.25, 0.3) is 0 Å². The number of nitrogens with one attached hydrogen (secondary N) is 1. The number of unbranched alkanes of at least 4 members (excludes halogenated alkanes) is 1. The summed E-state index contributed by atoms with van der Waals surface area (Å²) in [5.41, 5.74) is 5.05. The van der Waals surface area contributed by atoms with Gasteiger partial charge in [0.25, 0.3) is 5.91 Å². The first-order valence-electron chi connectivity index (χ1n) is 11.6. The van der Waals surface area contributed by atoms with Gasteiger partial charge in [-0.05, 0) is 65.6 Å². The lowest BCUT2D eigenvalue weighted by molar-refractivity contribution is 0.0737. The van der Waals surface area contributed by atoms with Crippen LogP contribution in [0.4, 0.5) is 0 Å². The van der Waals surface area contributed by atoms with E-state index in [1.165, 1.54) is 16.7 Å². The number of ether oxygens (including phenoxy) is 1. The zero-order valence-electron chi connectivity index (χ0n) is 19.8. The number of hydrogen-bond donors (Lipinski definition) is 1. The first-order chi connectivity index (χ1) is 14.8. The molecule has 0 radical (unpaired) electrons. The standard InChI is InChI=1S/C27H38N2O2/c1-6-7-14-31-25-12-10-21(11-13-25)26(30)29(5)24-16-22-9-8-20(15-23(22)17-24)18-28-19-27(2,3)4/h8-13,15,24,28H,6-7,14,16-19H2,1-5H3/t24-/m1/s1. The third-order valence-electron chi connectivity index (χ3n) is 5.90. The molecule has 1 amide bonds. The number of benzene rings is 2. The van der Waals surface area contributed by atoms with Crippen molar-refractivity contribution < 1.29 is 9.53 Å². The molecule has 0 aromatic heterocycles. The van der Waals surface area contributed by atoms with Gasteiger partial charge in [0.15, 0.2) is 0 Å². The normalized spacial score (nSPS) is 15.6. The molecule has 168 valence electrons. The summed E-state index contributed by atoms with van der Waals surface area (Å²) in [6.07, 6.45) is 3.99. The van der Waals surface area contributed by atoms with Gasteiger partial charge in [-0.3, -0.25) is 4.79 Å². The second kappa shape index (κ2) is 10.3. The predicted octanol–water partition coefficient (Wildman–Crippen LogP) is 5.24. The van der Waals surface area contributed by atoms with E-state index >= 15 is 0 Å². The summed E-state index contributed by atoms with van der Waals surface area (Å²) in [5.74, 6) is 0.901. The highest BCUT2D eigenvalue weighted by molar-refractivity contribution is 5.94. The lowest BCUT2D eigenvalue weighted by atomic mass is 9.97. The average Bonchev–Trinajstić information content (AvgIpc) is 3.16. The van der Waals surface area contributed by atoms with Crippen molar-refractivity contribution in [3.05, 3.63) is 64.7 Å². The van der Waals surface area contributed by atoms with Gasteiger partial charge in [-0.1, -0.05) is 52.3 Å². The molecule has 1 N–H and O–H groups in total. The summed E-state index contributed by atoms with van der Waals surface area (Å²) >= 11 is 0. The Balaban J connectivity index is 1.56. The quantitative estimate of drug-likeness (QED) is 0.562. The smallest absolute Gasteiger partial charge is 0.253 e. The van der Waals surface area contributed by atoms with Gasteiger partial charge >= 0.3 is 0 Å². The molecule has 1 aliphatic carbocycles. The number of rotatable bonds is 9. The third kappa shape index (κ3) is 6.57. The number of hydrogen-bond acceptors (Lipinski definition) is 3. The summed E-state index contributed by atoms with van der Waals surface area (Å²) in [4.78, 5) is 14.9. The van der Waals surface area contributed by atoms with Gasteiger partial charge in [0.1, 0.15) is 5.75 Å². The molecule has 0 saturated heterocycles. The van der Waals surface area contributed by atoms with Gasteiger partial charge in [0, 0.05) is 31.7 Å². The molecular weight excluding hydrogens is 384 g/mol. The summed E-state index contributed by atoms with van der Waals surface area (Å²) in [6.45, 7) is 11.5. The van der Waals surface area contributed by atoms with E-state index in [9.17, 15) is 4.79 Å². The summed E-state index contributed by atoms with van der Waals surface area (Å²) < 4.78 is 5.71. The van der Waals surface area contributed by atoms with Crippen LogP contribution in [-0.2, 0) is 19.4 Å². The molecule has 0 aliphatic heterocycles. The fourth-order valence-electron chi connectivity index (χ4n) is 4.01. The van der Waals surface area contributed by atoms with Gasteiger partial charge in [-0.15, -0.1) is 0 Å². The average molecular weight is 423 g/mol. The Hall–Kier alpha value is -2.33. The highest BCUT2D eigenvalue weighted by atomic mass is 16.5. The van der Waals surface area contributed by atoms with Crippen LogP contribution in [0.3, 0.4) is 0 Å². The second-order valence-corrected chi connectivity index (χ2v) is 9.97. The number of nitrogens with zero attached hydrogens (tertiary/aromatic N) is 1. The summed E-state index contributed by atoms with van der Waals surface area (Å²) in [6, 6.07) is 14.5. The van der Waals surface area contributed by atoms with Crippen LogP contribution in [0.2, 0.25) is 0 Å². The van der Waals surface area contributed by atoms with Crippen LogP contribution in [0.5, 0.6) is 5.75 Å². The van der Waals surface area contributed by atoms with E-state index in [-0.39, 0.29) is 17.4 Å². The lowest BCUT2D eigenvalue weighted by Crippen LogP contribution is -2.37. The van der Waals surface area contributed by atoms with Crippen LogP contribution in [0.15, 0.2) is 42.5 Å². The maximum absolute atomic E-state index is 13.0. The molecule has 4 heteroatoms. The van der Waals surface area contributed by atoms with E-state index in [1.807, 2.05) is 36.2 Å². The van der Waals surface area contributed by atoms with Crippen LogP contribution in [0, 0.1) is 5.41 Å². The SMILES string of the molecule is CCCCOc1ccc(C(=O)N(C)[C@@H]2Cc3ccc(CNCC(C)(C)C)cc3C2)cc1. The molecule has 0 heterocycles. The first kappa shape index (κ1) is 23.3. The molecule has 0 fully saturated rings. The van der Waals surface area contributed by atoms with Crippen LogP contribution < -0.4 is 10.1 Å². The largest absolute Gasteiger partial charge is 0.494 e. The van der Waals surface area contributed by atoms with E-state index in [0.717, 1.165) is 51.1 Å². The highest BCUT2D eigenvalue weighted by Gasteiger charge is 2.28. The van der Waals surface area contributed by atoms with Gasteiger partial charge in [0.05, 0.1) is 6.61 Å². The van der Waals surface area contributed by atoms with E-state index in [0.29, 0.717) is 5.56 Å². The van der Waals surface area contributed by atoms with Crippen molar-refractivity contribution >= 4 is 5.91 Å². The lowest BCUT2D eigenvalue weighted by Gasteiger charge is -2.24. The molecule has 2 aromatic carbocycles. The van der Waals surface area contributed by atoms with Crippen LogP contribution in [-0.4, -0.2) is 37.0 Å². The van der Waals surface area contributed by atoms with E-state index in [2.05, 4.69) is 51.2 Å². The van der Waals surface area contributed by atoms with Gasteiger partial charge < -0.3 is 15.0 Å². The number of fused-ring (bicyclic) bond motifs is 1. The van der Waals surface area contributed by atoms with E-state index in [4.69, 9.17) is 4.74 Å². The zero-order valence-corrected chi connectivity index (χ0v) is 19.8. The molecule has 1 atom stereocenters. The van der Waals surface area contributed by atoms with Crippen LogP contribution >= 0.6 is 0 Å². The molecule has 2 aromatic rings. The molecule has 1 aliphatic rings. The minimum atomic E-state index is 0.0741. The van der Waals surface area contributed by atoms with E-state index < -0.39 is 0 Å². The molecule has 0 unspecified atom stereocenters. The molecule has 3 rings (SSSR count). The van der Waals surface area contributed by atoms with Gasteiger partial charge in [-0.2, -0.15) is 0 Å². The molecule has 0 saturated carbocycles. The van der Waals surface area contributed by atoms with Crippen LogP contribution in [0.1, 0.15) is 67.6 Å². The van der Waals surface area contributed by atoms with Crippen molar-refractivity contribution in [2.75, 3.05) is 20.2 Å². The monoisotopic (exact) mass is 422 g/mol. The maximum atomic E-state index is 13.0. The Morgan fingerprint density at radius 2 is 1.81 bits per heavy atom. The van der Waals surface area contributed by atoms with Crippen molar-refractivity contribution in [2.24, 2.45) is 5.41 Å². The van der Waals surface area contributed by atoms with Crippen molar-refractivity contribution in [1.29, 1.82) is 0 Å². The Bertz CT molecular complexity index is 868. The predicted molar refractivity (Wildman–Crippen MR) is 128 cm³/mol. The second-order valence-electron chi connectivity index (χ2n) is 9.97. The van der Waals surface area contributed by atoms with Crippen molar-refractivity contribution in [3.63, 3.8) is 0 Å². The first-order valence-corrected chi connectivity index (χ1v) is 11.6. The van der Waals surface area contributed by atoms with Crippen molar-refractivity contribution in [1.82, 2.24) is 10.2 Å². The molecule has 0 spiro atoms. The fourth-order valence-corrected chi connectivity index (χ4v) is 4.01. The zero-order chi connectivity index (χ0) is 22.4. The topological polar surface area (TPSA) is 41.6 Å². The number of amides is 1. The molecule has 4 nitrogen and oxygen atoms in total. The van der Waals surface area contributed by atoms with Gasteiger partial charge in [-0.25, -0.2) is 0 Å². The fraction of sp³-hybridized carbons (Fsp3) is 0.519. The number of carbonyl (C=O) groups is 1. The Labute approximate surface area is 188 Å². The third-order valence-corrected chi connectivity index (χ3v) is 5.90. The van der Waals surface area contributed by atoms with Gasteiger partial charge in [0.2, 0.25) is 0 Å². The highest BCUT2D eigenvalue weighted by Crippen LogP contribution is 2.27. The Morgan fingerprint density at radius 1 is 1.10 bits per heavy atom. The van der Waals surface area contributed by atoms with Crippen molar-refractivity contribution in [2.45, 2.75) is 66.0 Å². The minimum Gasteiger partial charge on any atom is -0.494 e. The molecule has 0 bridgehead atoms. The summed E-state index contributed by atoms with van der Waals surface area (Å²) in [5, 5.41) is 3.55. The molecule has 31 heavy (non-hydrogen) atoms.